The number of esters is 1. The number of ether oxygens (including phenoxy) is 1. The van der Waals surface area contributed by atoms with Gasteiger partial charge in [-0.2, -0.15) is 0 Å². The molecule has 2 rings (SSSR count). The van der Waals surface area contributed by atoms with Crippen molar-refractivity contribution in [1.29, 1.82) is 0 Å². The van der Waals surface area contributed by atoms with Crippen LogP contribution in [0.25, 0.3) is 6.08 Å². The Balaban J connectivity index is 1.81. The third kappa shape index (κ3) is 7.54. The average molecular weight is 345 g/mol. The smallest absolute Gasteiger partial charge is 0.330 e. The normalized spacial score (nSPS) is 19.2. The maximum Gasteiger partial charge on any atom is 0.330 e. The molecule has 1 aromatic carbocycles. The summed E-state index contributed by atoms with van der Waals surface area (Å²) in [7, 11) is 0. The summed E-state index contributed by atoms with van der Waals surface area (Å²) in [6, 6.07) is 8.40. The quantitative estimate of drug-likeness (QED) is 0.402. The lowest BCUT2D eigenvalue weighted by atomic mass is 10.0. The Hall–Kier alpha value is -2.11. The molecule has 5 nitrogen and oxygen atoms in total. The summed E-state index contributed by atoms with van der Waals surface area (Å²) < 4.78 is 4.81. The van der Waals surface area contributed by atoms with Gasteiger partial charge in [0.15, 0.2) is 0 Å². The largest absolute Gasteiger partial charge is 0.460 e. The van der Waals surface area contributed by atoms with Gasteiger partial charge < -0.3 is 20.3 Å². The predicted molar refractivity (Wildman–Crippen MR) is 99.2 cm³/mol. The van der Waals surface area contributed by atoms with Crippen LogP contribution in [0.15, 0.2) is 42.5 Å². The highest BCUT2D eigenvalue weighted by atomic mass is 16.5. The van der Waals surface area contributed by atoms with E-state index in [9.17, 15) is 4.79 Å². The Labute approximate surface area is 149 Å². The molecule has 136 valence electrons. The molecule has 0 spiro atoms. The van der Waals surface area contributed by atoms with Crippen molar-refractivity contribution < 1.29 is 19.7 Å². The minimum atomic E-state index is -1.04. The van der Waals surface area contributed by atoms with Gasteiger partial charge in [-0.05, 0) is 55.9 Å². The van der Waals surface area contributed by atoms with Gasteiger partial charge in [-0.1, -0.05) is 24.3 Å². The van der Waals surface area contributed by atoms with Crippen LogP contribution < -0.4 is 5.32 Å². The molecule has 0 fully saturated rings. The first kappa shape index (κ1) is 19.2. The number of anilines is 1. The summed E-state index contributed by atoms with van der Waals surface area (Å²) in [5.41, 5.74) is 1.98. The van der Waals surface area contributed by atoms with E-state index in [1.165, 1.54) is 18.9 Å². The number of nitrogens with one attached hydrogen (secondary N) is 1. The second kappa shape index (κ2) is 10.7. The summed E-state index contributed by atoms with van der Waals surface area (Å²) in [5, 5.41) is 21.4. The van der Waals surface area contributed by atoms with Crippen LogP contribution in [0.3, 0.4) is 0 Å². The molecule has 0 radical (unpaired) electrons. The molecule has 25 heavy (non-hydrogen) atoms. The zero-order valence-electron chi connectivity index (χ0n) is 14.4. The van der Waals surface area contributed by atoms with E-state index < -0.39 is 18.7 Å². The van der Waals surface area contributed by atoms with Crippen molar-refractivity contribution in [2.75, 3.05) is 18.5 Å². The lowest BCUT2D eigenvalue weighted by molar-refractivity contribution is -0.141. The zero-order valence-corrected chi connectivity index (χ0v) is 14.4. The highest BCUT2D eigenvalue weighted by molar-refractivity contribution is 5.87. The van der Waals surface area contributed by atoms with Crippen LogP contribution in [-0.4, -0.2) is 41.5 Å². The van der Waals surface area contributed by atoms with E-state index in [1.807, 2.05) is 24.3 Å². The van der Waals surface area contributed by atoms with Gasteiger partial charge in [0.1, 0.15) is 12.7 Å². The number of carbonyl (C=O) groups is 1. The van der Waals surface area contributed by atoms with Gasteiger partial charge in [-0.25, -0.2) is 4.79 Å². The fourth-order valence-electron chi connectivity index (χ4n) is 2.67. The van der Waals surface area contributed by atoms with Gasteiger partial charge in [-0.15, -0.1) is 0 Å². The van der Waals surface area contributed by atoms with Gasteiger partial charge in [0.2, 0.25) is 0 Å². The molecule has 0 heterocycles. The molecule has 1 aliphatic carbocycles. The lowest BCUT2D eigenvalue weighted by Gasteiger charge is -2.20. The zero-order chi connectivity index (χ0) is 17.9. The fraction of sp³-hybridized carbons (Fsp3) is 0.450. The Morgan fingerprint density at radius 2 is 2.00 bits per heavy atom. The van der Waals surface area contributed by atoms with Crippen molar-refractivity contribution in [3.63, 3.8) is 0 Å². The first-order valence-electron chi connectivity index (χ1n) is 8.82. The average Bonchev–Trinajstić information content (AvgIpc) is 2.61. The highest BCUT2D eigenvalue weighted by Crippen LogP contribution is 2.18. The number of benzene rings is 1. The van der Waals surface area contributed by atoms with Crippen molar-refractivity contribution in [3.8, 4) is 0 Å². The first-order valence-corrected chi connectivity index (χ1v) is 8.82. The SMILES string of the molecule is O=C(C=Cc1ccc(NC2CCC=CCCC2)cc1)OCC(O)CO. The van der Waals surface area contributed by atoms with E-state index in [2.05, 4.69) is 17.5 Å². The molecule has 5 heteroatoms. The molecule has 0 saturated heterocycles. The summed E-state index contributed by atoms with van der Waals surface area (Å²) in [5.74, 6) is -0.544. The van der Waals surface area contributed by atoms with E-state index in [1.54, 1.807) is 6.08 Å². The van der Waals surface area contributed by atoms with E-state index in [0.29, 0.717) is 6.04 Å². The summed E-state index contributed by atoms with van der Waals surface area (Å²) in [6.45, 7) is -0.637. The van der Waals surface area contributed by atoms with Crippen LogP contribution in [-0.2, 0) is 9.53 Å². The van der Waals surface area contributed by atoms with E-state index in [-0.39, 0.29) is 6.61 Å². The molecule has 0 saturated carbocycles. The second-order valence-corrected chi connectivity index (χ2v) is 6.24. The molecule has 0 aromatic heterocycles. The molecular weight excluding hydrogens is 318 g/mol. The van der Waals surface area contributed by atoms with Gasteiger partial charge in [-0.3, -0.25) is 0 Å². The van der Waals surface area contributed by atoms with Gasteiger partial charge >= 0.3 is 5.97 Å². The Morgan fingerprint density at radius 1 is 1.24 bits per heavy atom. The number of aliphatic hydroxyl groups is 2. The third-order valence-electron chi connectivity index (χ3n) is 4.09. The second-order valence-electron chi connectivity index (χ2n) is 6.24. The van der Waals surface area contributed by atoms with Crippen LogP contribution in [0.5, 0.6) is 0 Å². The number of hydrogen-bond donors (Lipinski definition) is 3. The topological polar surface area (TPSA) is 78.8 Å². The van der Waals surface area contributed by atoms with Crippen LogP contribution in [0.4, 0.5) is 5.69 Å². The maximum absolute atomic E-state index is 11.5. The van der Waals surface area contributed by atoms with Crippen LogP contribution in [0.2, 0.25) is 0 Å². The molecule has 0 aliphatic heterocycles. The Bertz CT molecular complexity index is 580. The fourth-order valence-corrected chi connectivity index (χ4v) is 2.67. The van der Waals surface area contributed by atoms with Crippen LogP contribution >= 0.6 is 0 Å². The van der Waals surface area contributed by atoms with Crippen LogP contribution in [0, 0.1) is 0 Å². The number of aliphatic hydroxyl groups excluding tert-OH is 2. The third-order valence-corrected chi connectivity index (χ3v) is 4.09. The molecule has 0 amide bonds. The summed E-state index contributed by atoms with van der Waals surface area (Å²) in [6.07, 6.45) is 12.3. The predicted octanol–water partition coefficient (Wildman–Crippen LogP) is 2.90. The van der Waals surface area contributed by atoms with Gasteiger partial charge in [0.05, 0.1) is 6.61 Å². The molecular formula is C20H27NO4. The molecule has 1 aliphatic rings. The van der Waals surface area contributed by atoms with Crippen molar-refractivity contribution in [1.82, 2.24) is 0 Å². The van der Waals surface area contributed by atoms with E-state index >= 15 is 0 Å². The minimum absolute atomic E-state index is 0.209. The molecule has 3 N–H and O–H groups in total. The monoisotopic (exact) mass is 345 g/mol. The maximum atomic E-state index is 11.5. The van der Waals surface area contributed by atoms with E-state index in [4.69, 9.17) is 14.9 Å². The van der Waals surface area contributed by atoms with Crippen molar-refractivity contribution >= 4 is 17.7 Å². The number of hydrogen-bond acceptors (Lipinski definition) is 5. The lowest BCUT2D eigenvalue weighted by Crippen LogP contribution is -2.21. The van der Waals surface area contributed by atoms with Crippen LogP contribution in [0.1, 0.15) is 37.7 Å². The minimum Gasteiger partial charge on any atom is -0.460 e. The number of rotatable bonds is 7. The van der Waals surface area contributed by atoms with Crippen molar-refractivity contribution in [3.05, 3.63) is 48.1 Å². The standard InChI is InChI=1S/C20H27NO4/c22-14-19(23)15-25-20(24)13-10-16-8-11-18(12-9-16)21-17-6-4-2-1-3-5-7-17/h1-2,8-13,17,19,21-23H,3-7,14-15H2. The molecule has 1 aromatic rings. The van der Waals surface area contributed by atoms with Crippen molar-refractivity contribution in [2.24, 2.45) is 0 Å². The van der Waals surface area contributed by atoms with E-state index in [0.717, 1.165) is 30.5 Å². The Kier molecular flexibility index (Phi) is 8.22. The number of allylic oxidation sites excluding steroid dienone is 2. The molecule has 2 atom stereocenters. The first-order chi connectivity index (χ1) is 12.2. The molecule has 2 unspecified atom stereocenters. The summed E-state index contributed by atoms with van der Waals surface area (Å²) >= 11 is 0. The molecule has 0 bridgehead atoms. The summed E-state index contributed by atoms with van der Waals surface area (Å²) in [4.78, 5) is 11.5. The van der Waals surface area contributed by atoms with Gasteiger partial charge in [0, 0.05) is 17.8 Å². The highest BCUT2D eigenvalue weighted by Gasteiger charge is 2.09. The van der Waals surface area contributed by atoms with Crippen molar-refractivity contribution in [2.45, 2.75) is 44.2 Å². The Morgan fingerprint density at radius 3 is 2.76 bits per heavy atom. The number of carbonyl (C=O) groups excluding carboxylic acids is 1. The van der Waals surface area contributed by atoms with Gasteiger partial charge in [0.25, 0.3) is 0 Å².